The molecule has 156 valence electrons. The second kappa shape index (κ2) is 8.93. The first-order valence-electron chi connectivity index (χ1n) is 9.65. The number of hydrogen-bond acceptors (Lipinski definition) is 6. The van der Waals surface area contributed by atoms with Gasteiger partial charge in [0.1, 0.15) is 15.6 Å². The molecule has 2 amide bonds. The minimum absolute atomic E-state index is 0.0145. The average molecular weight is 433 g/mol. The first kappa shape index (κ1) is 20.5. The van der Waals surface area contributed by atoms with Gasteiger partial charge in [0, 0.05) is 11.1 Å². The minimum atomic E-state index is -0.410. The number of aromatic nitrogens is 2. The summed E-state index contributed by atoms with van der Waals surface area (Å²) in [5.41, 5.74) is 7.80. The molecule has 0 unspecified atom stereocenters. The van der Waals surface area contributed by atoms with Gasteiger partial charge in [-0.25, -0.2) is 9.97 Å². The Morgan fingerprint density at radius 1 is 0.903 bits per heavy atom. The fourth-order valence-electron chi connectivity index (χ4n) is 2.99. The van der Waals surface area contributed by atoms with Gasteiger partial charge in [-0.1, -0.05) is 48.5 Å². The van der Waals surface area contributed by atoms with Crippen LogP contribution in [-0.4, -0.2) is 21.8 Å². The van der Waals surface area contributed by atoms with Crippen molar-refractivity contribution in [2.24, 2.45) is 0 Å². The monoisotopic (exact) mass is 432 g/mol. The summed E-state index contributed by atoms with van der Waals surface area (Å²) in [6.45, 7) is 3.52. The number of nitrogens with one attached hydrogen (secondary N) is 2. The number of nitrogens with zero attached hydrogens (tertiary/aromatic N) is 2. The van der Waals surface area contributed by atoms with Gasteiger partial charge in [-0.05, 0) is 26.0 Å². The Morgan fingerprint density at radius 2 is 1.55 bits per heavy atom. The normalized spacial score (nSPS) is 10.6. The summed E-state index contributed by atoms with van der Waals surface area (Å²) in [7, 11) is 0. The third kappa shape index (κ3) is 4.70. The van der Waals surface area contributed by atoms with E-state index in [-0.39, 0.29) is 6.42 Å². The highest BCUT2D eigenvalue weighted by Gasteiger charge is 2.18. The van der Waals surface area contributed by atoms with Crippen molar-refractivity contribution in [2.75, 3.05) is 0 Å². The molecule has 0 bridgehead atoms. The van der Waals surface area contributed by atoms with Crippen LogP contribution in [0.25, 0.3) is 22.0 Å². The lowest BCUT2D eigenvalue weighted by atomic mass is 10.2. The van der Waals surface area contributed by atoms with Crippen molar-refractivity contribution in [2.45, 2.75) is 20.3 Å². The van der Waals surface area contributed by atoms with Gasteiger partial charge in [0.25, 0.3) is 5.91 Å². The van der Waals surface area contributed by atoms with Crippen LogP contribution in [0.15, 0.2) is 65.1 Å². The Labute approximate surface area is 183 Å². The molecule has 0 radical (unpaired) electrons. The number of thiazole rings is 1. The van der Waals surface area contributed by atoms with Crippen LogP contribution in [-0.2, 0) is 11.2 Å². The van der Waals surface area contributed by atoms with E-state index < -0.39 is 11.8 Å². The third-order valence-electron chi connectivity index (χ3n) is 4.58. The van der Waals surface area contributed by atoms with E-state index in [0.717, 1.165) is 16.1 Å². The molecule has 0 aliphatic rings. The maximum absolute atomic E-state index is 12.5. The molecule has 2 aromatic heterocycles. The largest absolute Gasteiger partial charge is 0.441 e. The Balaban J connectivity index is 1.38. The number of hydrogen-bond donors (Lipinski definition) is 2. The van der Waals surface area contributed by atoms with Crippen molar-refractivity contribution in [3.8, 4) is 22.0 Å². The summed E-state index contributed by atoms with van der Waals surface area (Å²) in [6, 6.07) is 19.1. The van der Waals surface area contributed by atoms with Crippen molar-refractivity contribution in [3.05, 3.63) is 82.7 Å². The number of hydrazine groups is 1. The SMILES string of the molecule is Cc1nc(-c2ccccc2)sc1C(=O)NNC(=O)Cc1nc(-c2ccccc2)oc1C. The van der Waals surface area contributed by atoms with E-state index in [1.165, 1.54) is 11.3 Å². The summed E-state index contributed by atoms with van der Waals surface area (Å²) < 4.78 is 5.67. The van der Waals surface area contributed by atoms with Gasteiger partial charge in [0.2, 0.25) is 11.8 Å². The van der Waals surface area contributed by atoms with Crippen LogP contribution in [0.2, 0.25) is 0 Å². The molecule has 0 spiro atoms. The number of oxazole rings is 1. The predicted octanol–water partition coefficient (Wildman–Crippen LogP) is 4.09. The number of carbonyl (C=O) groups is 2. The molecule has 0 atom stereocenters. The molecule has 4 rings (SSSR count). The third-order valence-corrected chi connectivity index (χ3v) is 5.79. The fourth-order valence-corrected chi connectivity index (χ4v) is 3.95. The summed E-state index contributed by atoms with van der Waals surface area (Å²) in [4.78, 5) is 34.2. The number of aryl methyl sites for hydroxylation is 2. The van der Waals surface area contributed by atoms with Crippen LogP contribution >= 0.6 is 11.3 Å². The topological polar surface area (TPSA) is 97.1 Å². The zero-order valence-corrected chi connectivity index (χ0v) is 17.8. The molecule has 0 saturated carbocycles. The standard InChI is InChI=1S/C23H20N4O3S/c1-14-20(31-23(24-14)17-11-7-4-8-12-17)21(29)27-26-19(28)13-18-15(2)30-22(25-18)16-9-5-3-6-10-16/h3-12H,13H2,1-2H3,(H,26,28)(H,27,29). The smallest absolute Gasteiger partial charge is 0.281 e. The van der Waals surface area contributed by atoms with Gasteiger partial charge >= 0.3 is 0 Å². The maximum Gasteiger partial charge on any atom is 0.281 e. The Bertz CT molecular complexity index is 1220. The Morgan fingerprint density at radius 3 is 2.23 bits per heavy atom. The van der Waals surface area contributed by atoms with Crippen LogP contribution in [0, 0.1) is 13.8 Å². The van der Waals surface area contributed by atoms with E-state index in [2.05, 4.69) is 20.8 Å². The molecule has 4 aromatic rings. The zero-order valence-electron chi connectivity index (χ0n) is 17.0. The number of benzene rings is 2. The first-order valence-corrected chi connectivity index (χ1v) is 10.5. The van der Waals surface area contributed by atoms with E-state index in [4.69, 9.17) is 4.42 Å². The van der Waals surface area contributed by atoms with Crippen molar-refractivity contribution in [1.82, 2.24) is 20.8 Å². The molecule has 0 fully saturated rings. The van der Waals surface area contributed by atoms with Crippen molar-refractivity contribution < 1.29 is 14.0 Å². The van der Waals surface area contributed by atoms with Crippen molar-refractivity contribution >= 4 is 23.2 Å². The van der Waals surface area contributed by atoms with Gasteiger partial charge in [-0.3, -0.25) is 20.4 Å². The lowest BCUT2D eigenvalue weighted by Gasteiger charge is -2.05. The van der Waals surface area contributed by atoms with E-state index in [1.54, 1.807) is 13.8 Å². The Hall–Kier alpha value is -3.78. The summed E-state index contributed by atoms with van der Waals surface area (Å²) in [5, 5.41) is 0.751. The molecule has 2 N–H and O–H groups in total. The van der Waals surface area contributed by atoms with E-state index in [9.17, 15) is 9.59 Å². The second-order valence-electron chi connectivity index (χ2n) is 6.87. The van der Waals surface area contributed by atoms with Crippen LogP contribution < -0.4 is 10.9 Å². The summed E-state index contributed by atoms with van der Waals surface area (Å²) in [5.74, 6) is 0.215. The molecule has 2 aromatic carbocycles. The summed E-state index contributed by atoms with van der Waals surface area (Å²) in [6.07, 6.45) is -0.0145. The molecule has 31 heavy (non-hydrogen) atoms. The van der Waals surface area contributed by atoms with Gasteiger partial charge < -0.3 is 4.42 Å². The molecule has 0 aliphatic heterocycles. The predicted molar refractivity (Wildman–Crippen MR) is 118 cm³/mol. The molecular formula is C23H20N4O3S. The molecule has 7 nitrogen and oxygen atoms in total. The lowest BCUT2D eigenvalue weighted by molar-refractivity contribution is -0.121. The van der Waals surface area contributed by atoms with Gasteiger partial charge in [0.15, 0.2) is 0 Å². The van der Waals surface area contributed by atoms with E-state index >= 15 is 0 Å². The van der Waals surface area contributed by atoms with Gasteiger partial charge in [0.05, 0.1) is 17.8 Å². The highest BCUT2D eigenvalue weighted by molar-refractivity contribution is 7.17. The van der Waals surface area contributed by atoms with Crippen molar-refractivity contribution in [1.29, 1.82) is 0 Å². The first-order chi connectivity index (χ1) is 15.0. The van der Waals surface area contributed by atoms with Crippen LogP contribution in [0.1, 0.15) is 26.8 Å². The maximum atomic E-state index is 12.5. The second-order valence-corrected chi connectivity index (χ2v) is 7.87. The Kier molecular flexibility index (Phi) is 5.90. The van der Waals surface area contributed by atoms with Crippen LogP contribution in [0.5, 0.6) is 0 Å². The number of amides is 2. The highest BCUT2D eigenvalue weighted by atomic mass is 32.1. The van der Waals surface area contributed by atoms with Crippen LogP contribution in [0.4, 0.5) is 0 Å². The average Bonchev–Trinajstić information content (AvgIpc) is 3.36. The minimum Gasteiger partial charge on any atom is -0.441 e. The summed E-state index contributed by atoms with van der Waals surface area (Å²) >= 11 is 1.28. The van der Waals surface area contributed by atoms with E-state index in [1.807, 2.05) is 60.7 Å². The molecular weight excluding hydrogens is 412 g/mol. The van der Waals surface area contributed by atoms with Gasteiger partial charge in [-0.2, -0.15) is 0 Å². The highest BCUT2D eigenvalue weighted by Crippen LogP contribution is 2.27. The number of rotatable bonds is 5. The van der Waals surface area contributed by atoms with Crippen molar-refractivity contribution in [3.63, 3.8) is 0 Å². The lowest BCUT2D eigenvalue weighted by Crippen LogP contribution is -2.42. The van der Waals surface area contributed by atoms with Crippen LogP contribution in [0.3, 0.4) is 0 Å². The molecule has 8 heteroatoms. The quantitative estimate of drug-likeness (QED) is 0.463. The van der Waals surface area contributed by atoms with E-state index in [0.29, 0.717) is 27.9 Å². The zero-order chi connectivity index (χ0) is 21.8. The molecule has 0 aliphatic carbocycles. The molecule has 2 heterocycles. The molecule has 0 saturated heterocycles. The van der Waals surface area contributed by atoms with Gasteiger partial charge in [-0.15, -0.1) is 11.3 Å². The number of carbonyl (C=O) groups excluding carboxylic acids is 2. The fraction of sp³-hybridized carbons (Fsp3) is 0.130.